The number of carbonyl (C=O) groups is 1. The summed E-state index contributed by atoms with van der Waals surface area (Å²) >= 11 is 0. The average molecular weight is 395 g/mol. The van der Waals surface area contributed by atoms with E-state index in [2.05, 4.69) is 21.6 Å². The van der Waals surface area contributed by atoms with Gasteiger partial charge in [0.25, 0.3) is 0 Å². The molecule has 0 aromatic rings. The van der Waals surface area contributed by atoms with Gasteiger partial charge in [-0.15, -0.1) is 0 Å². The maximum Gasteiger partial charge on any atom is 0.305 e. The molecule has 0 radical (unpaired) electrons. The molecule has 2 aliphatic rings. The van der Waals surface area contributed by atoms with Crippen molar-refractivity contribution in [2.75, 3.05) is 18.1 Å². The Morgan fingerprint density at radius 3 is 2.35 bits per heavy atom. The lowest BCUT2D eigenvalue weighted by Gasteiger charge is -2.19. The Morgan fingerprint density at radius 1 is 0.870 bits per heavy atom. The van der Waals surface area contributed by atoms with Gasteiger partial charge in [0.1, 0.15) is 0 Å². The van der Waals surface area contributed by atoms with Gasteiger partial charge < -0.3 is 4.74 Å². The minimum Gasteiger partial charge on any atom is -0.466 e. The molecule has 0 spiro atoms. The summed E-state index contributed by atoms with van der Waals surface area (Å²) in [6.45, 7) is 0.626. The molecule has 2 fully saturated rings. The molecule has 2 atom stereocenters. The molecule has 0 aromatic heterocycles. The fourth-order valence-corrected chi connectivity index (χ4v) is 8.79. The predicted octanol–water partition coefficient (Wildman–Crippen LogP) is 6.35. The summed E-state index contributed by atoms with van der Waals surface area (Å²) in [6, 6.07) is 0. The fourth-order valence-electron chi connectivity index (χ4n) is 2.87. The van der Waals surface area contributed by atoms with Gasteiger partial charge in [0.2, 0.25) is 0 Å². The highest BCUT2D eigenvalue weighted by molar-refractivity contribution is 8.77. The quantitative estimate of drug-likeness (QED) is 0.230. The van der Waals surface area contributed by atoms with Crippen LogP contribution in [0.1, 0.15) is 70.6 Å². The summed E-state index contributed by atoms with van der Waals surface area (Å²) in [7, 11) is 8.14. The van der Waals surface area contributed by atoms with Crippen LogP contribution in [0.2, 0.25) is 0 Å². The Morgan fingerprint density at radius 2 is 1.61 bits per heavy atom. The molecule has 2 saturated heterocycles. The molecule has 2 nitrogen and oxygen atoms in total. The second-order valence-corrected chi connectivity index (χ2v) is 11.9. The van der Waals surface area contributed by atoms with Gasteiger partial charge in [-0.25, -0.2) is 0 Å². The van der Waals surface area contributed by atoms with Crippen molar-refractivity contribution in [3.05, 3.63) is 0 Å². The lowest BCUT2D eigenvalue weighted by atomic mass is 10.1. The third kappa shape index (κ3) is 9.81. The predicted molar refractivity (Wildman–Crippen MR) is 109 cm³/mol. The zero-order valence-corrected chi connectivity index (χ0v) is 17.3. The van der Waals surface area contributed by atoms with Crippen molar-refractivity contribution in [2.24, 2.45) is 0 Å². The molecule has 0 bridgehead atoms. The highest BCUT2D eigenvalue weighted by Gasteiger charge is 2.16. The molecule has 2 rings (SSSR count). The fraction of sp³-hybridized carbons (Fsp3) is 0.941. The SMILES string of the molecule is O=C(CCCCC1CCCSS1)OCCCCCC1CCSS1. The van der Waals surface area contributed by atoms with Crippen molar-refractivity contribution in [3.63, 3.8) is 0 Å². The van der Waals surface area contributed by atoms with Crippen molar-refractivity contribution in [1.82, 2.24) is 0 Å². The van der Waals surface area contributed by atoms with E-state index in [-0.39, 0.29) is 5.97 Å². The topological polar surface area (TPSA) is 26.3 Å². The number of hydrogen-bond donors (Lipinski definition) is 0. The third-order valence-electron chi connectivity index (χ3n) is 4.28. The molecule has 2 aliphatic heterocycles. The van der Waals surface area contributed by atoms with Gasteiger partial charge >= 0.3 is 5.97 Å². The first kappa shape index (κ1) is 20.2. The summed E-state index contributed by atoms with van der Waals surface area (Å²) in [5, 5.41) is 1.70. The zero-order valence-electron chi connectivity index (χ0n) is 14.0. The van der Waals surface area contributed by atoms with Crippen LogP contribution < -0.4 is 0 Å². The lowest BCUT2D eigenvalue weighted by Crippen LogP contribution is -2.08. The van der Waals surface area contributed by atoms with E-state index in [0.29, 0.717) is 13.0 Å². The van der Waals surface area contributed by atoms with Crippen LogP contribution in [-0.4, -0.2) is 34.6 Å². The van der Waals surface area contributed by atoms with Gasteiger partial charge in [0, 0.05) is 28.4 Å². The van der Waals surface area contributed by atoms with E-state index < -0.39 is 0 Å². The van der Waals surface area contributed by atoms with Crippen molar-refractivity contribution >= 4 is 49.1 Å². The Balaban J connectivity index is 1.34. The Kier molecular flexibility index (Phi) is 11.5. The van der Waals surface area contributed by atoms with E-state index in [1.165, 1.54) is 62.9 Å². The lowest BCUT2D eigenvalue weighted by molar-refractivity contribution is -0.143. The molecule has 6 heteroatoms. The number of carbonyl (C=O) groups excluding carboxylic acids is 1. The summed E-state index contributed by atoms with van der Waals surface area (Å²) in [6.07, 6.45) is 13.0. The Bertz CT molecular complexity index is 316. The number of rotatable bonds is 11. The average Bonchev–Trinajstić information content (AvgIpc) is 3.09. The number of unbranched alkanes of at least 4 members (excludes halogenated alkanes) is 3. The van der Waals surface area contributed by atoms with Crippen molar-refractivity contribution < 1.29 is 9.53 Å². The smallest absolute Gasteiger partial charge is 0.305 e. The molecule has 0 N–H and O–H groups in total. The van der Waals surface area contributed by atoms with Crippen LogP contribution in [0.25, 0.3) is 0 Å². The highest BCUT2D eigenvalue weighted by atomic mass is 33.1. The second-order valence-electron chi connectivity index (χ2n) is 6.33. The van der Waals surface area contributed by atoms with Gasteiger partial charge in [-0.2, -0.15) is 0 Å². The number of hydrogen-bond acceptors (Lipinski definition) is 6. The van der Waals surface area contributed by atoms with Crippen LogP contribution in [0.3, 0.4) is 0 Å². The monoisotopic (exact) mass is 394 g/mol. The summed E-state index contributed by atoms with van der Waals surface area (Å²) < 4.78 is 5.35. The van der Waals surface area contributed by atoms with E-state index in [1.807, 2.05) is 21.6 Å². The first-order valence-corrected chi connectivity index (χ1v) is 13.8. The minimum absolute atomic E-state index is 0.0124. The molecule has 0 amide bonds. The van der Waals surface area contributed by atoms with Crippen LogP contribution >= 0.6 is 43.2 Å². The molecule has 0 saturated carbocycles. The van der Waals surface area contributed by atoms with Crippen molar-refractivity contribution in [2.45, 2.75) is 81.1 Å². The van der Waals surface area contributed by atoms with Crippen LogP contribution in [0, 0.1) is 0 Å². The van der Waals surface area contributed by atoms with Crippen LogP contribution in [0.5, 0.6) is 0 Å². The molecule has 0 aliphatic carbocycles. The summed E-state index contributed by atoms with van der Waals surface area (Å²) in [5.74, 6) is 2.65. The summed E-state index contributed by atoms with van der Waals surface area (Å²) in [4.78, 5) is 11.7. The maximum atomic E-state index is 11.7. The molecule has 2 heterocycles. The molecular weight excluding hydrogens is 364 g/mol. The molecule has 23 heavy (non-hydrogen) atoms. The van der Waals surface area contributed by atoms with Gasteiger partial charge in [0.15, 0.2) is 0 Å². The zero-order chi connectivity index (χ0) is 16.2. The molecule has 2 unspecified atom stereocenters. The minimum atomic E-state index is 0.0124. The highest BCUT2D eigenvalue weighted by Crippen LogP contribution is 2.40. The Hall–Kier alpha value is 0.870. The largest absolute Gasteiger partial charge is 0.466 e. The first-order chi connectivity index (χ1) is 11.3. The summed E-state index contributed by atoms with van der Waals surface area (Å²) in [5.41, 5.74) is 0. The molecule has 134 valence electrons. The van der Waals surface area contributed by atoms with Gasteiger partial charge in [-0.3, -0.25) is 4.79 Å². The maximum absolute atomic E-state index is 11.7. The Labute approximate surface area is 157 Å². The van der Waals surface area contributed by atoms with Crippen LogP contribution in [0.15, 0.2) is 0 Å². The van der Waals surface area contributed by atoms with E-state index >= 15 is 0 Å². The van der Waals surface area contributed by atoms with E-state index in [1.54, 1.807) is 0 Å². The normalized spacial score (nSPS) is 24.7. The van der Waals surface area contributed by atoms with Gasteiger partial charge in [-0.1, -0.05) is 62.4 Å². The van der Waals surface area contributed by atoms with E-state index in [9.17, 15) is 4.79 Å². The van der Waals surface area contributed by atoms with E-state index in [4.69, 9.17) is 4.74 Å². The number of ether oxygens (including phenoxy) is 1. The first-order valence-electron chi connectivity index (χ1n) is 9.07. The van der Waals surface area contributed by atoms with Crippen molar-refractivity contribution in [1.29, 1.82) is 0 Å². The van der Waals surface area contributed by atoms with Crippen LogP contribution in [-0.2, 0) is 9.53 Å². The third-order valence-corrected chi connectivity index (χ3v) is 10.3. The van der Waals surface area contributed by atoms with Crippen molar-refractivity contribution in [3.8, 4) is 0 Å². The van der Waals surface area contributed by atoms with E-state index in [0.717, 1.165) is 23.3 Å². The molecular formula is C17H30O2S4. The van der Waals surface area contributed by atoms with Gasteiger partial charge in [-0.05, 0) is 44.9 Å². The standard InChI is InChI=1S/C17H30O2S4/c18-17(10-4-3-8-15-9-6-13-20-22-15)19-12-5-1-2-7-16-11-14-21-23-16/h15-16H,1-14H2. The van der Waals surface area contributed by atoms with Gasteiger partial charge in [0.05, 0.1) is 6.61 Å². The second kappa shape index (κ2) is 13.1. The molecule has 0 aromatic carbocycles. The van der Waals surface area contributed by atoms with Crippen LogP contribution in [0.4, 0.5) is 0 Å². The number of esters is 1.